The van der Waals surface area contributed by atoms with Gasteiger partial charge in [-0.05, 0) is 31.6 Å². The van der Waals surface area contributed by atoms with Crippen molar-refractivity contribution in [3.63, 3.8) is 0 Å². The molecule has 1 heterocycles. The summed E-state index contributed by atoms with van der Waals surface area (Å²) in [5, 5.41) is 0. The molecule has 1 aromatic heterocycles. The van der Waals surface area contributed by atoms with Crippen molar-refractivity contribution in [2.75, 3.05) is 0 Å². The maximum atomic E-state index is 11.7. The fraction of sp³-hybridized carbons (Fsp3) is 0.500. The number of carbonyl (C=O) groups excluding carboxylic acids is 1. The third-order valence-corrected chi connectivity index (χ3v) is 3.36. The second-order valence-electron chi connectivity index (χ2n) is 4.65. The van der Waals surface area contributed by atoms with Gasteiger partial charge in [0, 0.05) is 18.2 Å². The van der Waals surface area contributed by atoms with Gasteiger partial charge in [0.15, 0.2) is 11.0 Å². The topological polar surface area (TPSA) is 47.0 Å². The highest BCUT2D eigenvalue weighted by Gasteiger charge is 2.16. The van der Waals surface area contributed by atoms with Crippen LogP contribution < -0.4 is 0 Å². The van der Waals surface area contributed by atoms with Gasteiger partial charge in [-0.2, -0.15) is 0 Å². The minimum atomic E-state index is -0.426. The van der Waals surface area contributed by atoms with Gasteiger partial charge in [0.05, 0.1) is 0 Å². The lowest BCUT2D eigenvalue weighted by molar-refractivity contribution is -0.149. The van der Waals surface area contributed by atoms with Crippen LogP contribution in [-0.2, 0) is 9.53 Å². The van der Waals surface area contributed by atoms with E-state index in [0.717, 1.165) is 19.3 Å². The molecule has 0 bridgehead atoms. The van der Waals surface area contributed by atoms with Crippen molar-refractivity contribution in [1.29, 1.82) is 0 Å². The van der Waals surface area contributed by atoms with Crippen LogP contribution in [-0.4, -0.2) is 15.5 Å². The Labute approximate surface area is 129 Å². The first-order valence-electron chi connectivity index (χ1n) is 6.63. The van der Waals surface area contributed by atoms with E-state index in [1.807, 2.05) is 0 Å². The summed E-state index contributed by atoms with van der Waals surface area (Å²) in [4.78, 5) is 14.6. The van der Waals surface area contributed by atoms with Gasteiger partial charge in [-0.25, -0.2) is 4.79 Å². The molecule has 1 N–H and O–H groups in total. The van der Waals surface area contributed by atoms with E-state index < -0.39 is 12.2 Å². The lowest BCUT2D eigenvalue weighted by Gasteiger charge is -2.21. The number of nitrogens with one attached hydrogen (secondary N) is 1. The standard InChI is InChI=1S/C14H20N2O2S2/c1-4-5-6-7-12(18-13(17)10(2)3)16-9-8-11(19)15-14(16)20/h8-9,12H,2,4-7H2,1,3H3,(H,15,19,20). The molecule has 6 heteroatoms. The number of unbranched alkanes of at least 4 members (excludes halogenated alkanes) is 2. The molecular formula is C14H20N2O2S2. The second-order valence-corrected chi connectivity index (χ2v) is 5.48. The highest BCUT2D eigenvalue weighted by Crippen LogP contribution is 2.19. The Morgan fingerprint density at radius 3 is 2.75 bits per heavy atom. The van der Waals surface area contributed by atoms with E-state index in [0.29, 0.717) is 21.4 Å². The Morgan fingerprint density at radius 1 is 1.50 bits per heavy atom. The molecule has 0 aliphatic carbocycles. The summed E-state index contributed by atoms with van der Waals surface area (Å²) in [6.45, 7) is 7.35. The predicted octanol–water partition coefficient (Wildman–Crippen LogP) is 4.47. The van der Waals surface area contributed by atoms with Gasteiger partial charge >= 0.3 is 5.97 Å². The van der Waals surface area contributed by atoms with Gasteiger partial charge in [-0.3, -0.25) is 4.57 Å². The fourth-order valence-corrected chi connectivity index (χ4v) is 2.21. The number of nitrogens with zero attached hydrogens (tertiary/aromatic N) is 1. The molecule has 0 aliphatic heterocycles. The van der Waals surface area contributed by atoms with Gasteiger partial charge in [0.2, 0.25) is 0 Å². The number of H-pyrrole nitrogens is 1. The molecule has 1 aromatic rings. The molecule has 0 amide bonds. The van der Waals surface area contributed by atoms with Crippen LogP contribution in [0.4, 0.5) is 0 Å². The van der Waals surface area contributed by atoms with Crippen molar-refractivity contribution in [2.24, 2.45) is 0 Å². The van der Waals surface area contributed by atoms with E-state index in [9.17, 15) is 4.79 Å². The SMILES string of the molecule is C=C(C)C(=O)OC(CCCCC)n1ccc(=S)[nH]c1=S. The molecule has 1 rings (SSSR count). The number of ether oxygens (including phenoxy) is 1. The Morgan fingerprint density at radius 2 is 2.20 bits per heavy atom. The maximum absolute atomic E-state index is 11.7. The molecule has 1 atom stereocenters. The van der Waals surface area contributed by atoms with Crippen molar-refractivity contribution in [2.45, 2.75) is 45.8 Å². The average molecular weight is 312 g/mol. The number of carbonyl (C=O) groups is 1. The summed E-state index contributed by atoms with van der Waals surface area (Å²) in [5.41, 5.74) is 0.376. The van der Waals surface area contributed by atoms with Crippen molar-refractivity contribution in [3.05, 3.63) is 33.8 Å². The normalized spacial score (nSPS) is 11.9. The van der Waals surface area contributed by atoms with Crippen molar-refractivity contribution < 1.29 is 9.53 Å². The maximum Gasteiger partial charge on any atom is 0.335 e. The molecule has 110 valence electrons. The third kappa shape index (κ3) is 5.02. The van der Waals surface area contributed by atoms with Crippen LogP contribution in [0, 0.1) is 9.41 Å². The van der Waals surface area contributed by atoms with Gasteiger partial charge in [-0.1, -0.05) is 38.6 Å². The number of esters is 1. The minimum absolute atomic E-state index is 0.376. The zero-order valence-corrected chi connectivity index (χ0v) is 13.5. The smallest absolute Gasteiger partial charge is 0.335 e. The second kappa shape index (κ2) is 8.11. The molecule has 0 radical (unpaired) electrons. The fourth-order valence-electron chi connectivity index (χ4n) is 1.70. The van der Waals surface area contributed by atoms with Gasteiger partial charge in [-0.15, -0.1) is 0 Å². The highest BCUT2D eigenvalue weighted by atomic mass is 32.1. The minimum Gasteiger partial charge on any atom is -0.438 e. The van der Waals surface area contributed by atoms with E-state index in [1.165, 1.54) is 0 Å². The van der Waals surface area contributed by atoms with Crippen LogP contribution in [0.2, 0.25) is 0 Å². The van der Waals surface area contributed by atoms with E-state index >= 15 is 0 Å². The molecule has 0 saturated carbocycles. The summed E-state index contributed by atoms with van der Waals surface area (Å²) in [5.74, 6) is -0.407. The van der Waals surface area contributed by atoms with E-state index in [4.69, 9.17) is 29.2 Å². The van der Waals surface area contributed by atoms with Crippen molar-refractivity contribution in [1.82, 2.24) is 9.55 Å². The van der Waals surface area contributed by atoms with Crippen LogP contribution >= 0.6 is 24.4 Å². The Hall–Kier alpha value is -1.27. The molecule has 0 fully saturated rings. The Kier molecular flexibility index (Phi) is 6.81. The van der Waals surface area contributed by atoms with Crippen LogP contribution in [0.15, 0.2) is 24.4 Å². The zero-order chi connectivity index (χ0) is 15.1. The first-order valence-corrected chi connectivity index (χ1v) is 7.45. The van der Waals surface area contributed by atoms with Gasteiger partial charge in [0.25, 0.3) is 0 Å². The Balaban J connectivity index is 2.96. The Bertz CT molecular complexity index is 589. The van der Waals surface area contributed by atoms with Gasteiger partial charge < -0.3 is 9.72 Å². The summed E-state index contributed by atoms with van der Waals surface area (Å²) >= 11 is 10.3. The molecule has 4 nitrogen and oxygen atoms in total. The number of hydrogen-bond donors (Lipinski definition) is 1. The first kappa shape index (κ1) is 16.8. The summed E-state index contributed by atoms with van der Waals surface area (Å²) in [6, 6.07) is 1.73. The summed E-state index contributed by atoms with van der Waals surface area (Å²) in [6.07, 6.45) is 5.18. The lowest BCUT2D eigenvalue weighted by atomic mass is 10.2. The first-order chi connectivity index (χ1) is 9.45. The number of rotatable bonds is 7. The molecule has 20 heavy (non-hydrogen) atoms. The van der Waals surface area contributed by atoms with E-state index in [1.54, 1.807) is 23.8 Å². The molecule has 0 aliphatic rings. The molecule has 0 saturated heterocycles. The molecule has 0 spiro atoms. The summed E-state index contributed by atoms with van der Waals surface area (Å²) < 4.78 is 8.21. The molecule has 0 aromatic carbocycles. The van der Waals surface area contributed by atoms with Crippen LogP contribution in [0.5, 0.6) is 0 Å². The van der Waals surface area contributed by atoms with Crippen molar-refractivity contribution in [3.8, 4) is 0 Å². The average Bonchev–Trinajstić information content (AvgIpc) is 2.37. The molecular weight excluding hydrogens is 292 g/mol. The number of hydrogen-bond acceptors (Lipinski definition) is 4. The quantitative estimate of drug-likeness (QED) is 0.349. The summed E-state index contributed by atoms with van der Waals surface area (Å²) in [7, 11) is 0. The largest absolute Gasteiger partial charge is 0.438 e. The molecule has 1 unspecified atom stereocenters. The van der Waals surface area contributed by atoms with Gasteiger partial charge in [0.1, 0.15) is 4.64 Å². The van der Waals surface area contributed by atoms with E-state index in [-0.39, 0.29) is 0 Å². The lowest BCUT2D eigenvalue weighted by Crippen LogP contribution is -2.19. The van der Waals surface area contributed by atoms with Crippen LogP contribution in [0.1, 0.15) is 45.8 Å². The zero-order valence-electron chi connectivity index (χ0n) is 11.8. The van der Waals surface area contributed by atoms with Crippen LogP contribution in [0.25, 0.3) is 0 Å². The number of aromatic nitrogens is 2. The predicted molar refractivity (Wildman–Crippen MR) is 84.5 cm³/mol. The highest BCUT2D eigenvalue weighted by molar-refractivity contribution is 7.72. The van der Waals surface area contributed by atoms with Crippen LogP contribution in [0.3, 0.4) is 0 Å². The van der Waals surface area contributed by atoms with Crippen molar-refractivity contribution >= 4 is 30.4 Å². The monoisotopic (exact) mass is 312 g/mol. The third-order valence-electron chi connectivity index (χ3n) is 2.81. The van der Waals surface area contributed by atoms with E-state index in [2.05, 4.69) is 18.5 Å². The number of aromatic amines is 1.